The second kappa shape index (κ2) is 8.43. The molecule has 1 aromatic heterocycles. The number of ether oxygens (including phenoxy) is 1. The van der Waals surface area contributed by atoms with E-state index in [1.54, 1.807) is 6.20 Å². The Kier molecular flexibility index (Phi) is 6.02. The van der Waals surface area contributed by atoms with Crippen LogP contribution in [0.15, 0.2) is 48.7 Å². The Bertz CT molecular complexity index is 694. The molecule has 3 rings (SSSR count). The predicted molar refractivity (Wildman–Crippen MR) is 97.3 cm³/mol. The first kappa shape index (κ1) is 17.9. The van der Waals surface area contributed by atoms with E-state index < -0.39 is 0 Å². The lowest BCUT2D eigenvalue weighted by Crippen LogP contribution is -2.46. The van der Waals surface area contributed by atoms with Gasteiger partial charge in [-0.15, -0.1) is 0 Å². The number of rotatable bonds is 5. The van der Waals surface area contributed by atoms with Crippen LogP contribution in [-0.2, 0) is 16.1 Å². The van der Waals surface area contributed by atoms with Crippen LogP contribution in [0.3, 0.4) is 0 Å². The number of amides is 1. The monoisotopic (exact) mass is 359 g/mol. The van der Waals surface area contributed by atoms with Crippen molar-refractivity contribution in [2.24, 2.45) is 0 Å². The summed E-state index contributed by atoms with van der Waals surface area (Å²) in [7, 11) is 1.93. The number of likely N-dealkylation sites (N-methyl/N-ethyl adjacent to an activating group) is 1. The molecule has 25 heavy (non-hydrogen) atoms. The van der Waals surface area contributed by atoms with Crippen molar-refractivity contribution in [3.63, 3.8) is 0 Å². The van der Waals surface area contributed by atoms with Gasteiger partial charge in [-0.3, -0.25) is 14.7 Å². The molecular formula is C19H22ClN3O2. The number of carbonyl (C=O) groups is 1. The van der Waals surface area contributed by atoms with E-state index in [2.05, 4.69) is 4.98 Å². The molecule has 1 atom stereocenters. The fourth-order valence-electron chi connectivity index (χ4n) is 2.91. The van der Waals surface area contributed by atoms with E-state index in [0.717, 1.165) is 11.3 Å². The number of halogens is 1. The van der Waals surface area contributed by atoms with Gasteiger partial charge in [0, 0.05) is 24.3 Å². The molecule has 0 aliphatic carbocycles. The molecule has 1 saturated heterocycles. The first-order chi connectivity index (χ1) is 12.1. The van der Waals surface area contributed by atoms with E-state index in [4.69, 9.17) is 16.3 Å². The van der Waals surface area contributed by atoms with Gasteiger partial charge in [-0.1, -0.05) is 29.8 Å². The van der Waals surface area contributed by atoms with E-state index >= 15 is 0 Å². The van der Waals surface area contributed by atoms with Crippen molar-refractivity contribution in [2.75, 3.05) is 33.3 Å². The van der Waals surface area contributed by atoms with Crippen LogP contribution in [0.2, 0.25) is 5.02 Å². The van der Waals surface area contributed by atoms with E-state index in [0.29, 0.717) is 37.8 Å². The summed E-state index contributed by atoms with van der Waals surface area (Å²) in [6.45, 7) is 2.75. The largest absolute Gasteiger partial charge is 0.370 e. The van der Waals surface area contributed by atoms with Crippen molar-refractivity contribution in [1.29, 1.82) is 0 Å². The second-order valence-corrected chi connectivity index (χ2v) is 6.68. The van der Waals surface area contributed by atoms with Crippen LogP contribution in [-0.4, -0.2) is 54.0 Å². The molecule has 0 unspecified atom stereocenters. The molecule has 2 heterocycles. The van der Waals surface area contributed by atoms with Gasteiger partial charge in [-0.25, -0.2) is 0 Å². The first-order valence-corrected chi connectivity index (χ1v) is 8.73. The molecule has 1 aliphatic heterocycles. The van der Waals surface area contributed by atoms with Crippen molar-refractivity contribution >= 4 is 17.5 Å². The number of morpholine rings is 1. The van der Waals surface area contributed by atoms with Gasteiger partial charge in [0.2, 0.25) is 5.91 Å². The lowest BCUT2D eigenvalue weighted by atomic mass is 10.1. The van der Waals surface area contributed by atoms with Crippen molar-refractivity contribution < 1.29 is 9.53 Å². The highest BCUT2D eigenvalue weighted by atomic mass is 35.5. The Balaban J connectivity index is 1.55. The molecule has 132 valence electrons. The quantitative estimate of drug-likeness (QED) is 0.823. The van der Waals surface area contributed by atoms with Crippen LogP contribution in [0, 0.1) is 0 Å². The molecule has 0 bridgehead atoms. The molecule has 6 heteroatoms. The van der Waals surface area contributed by atoms with E-state index in [1.165, 1.54) is 0 Å². The summed E-state index contributed by atoms with van der Waals surface area (Å²) in [6, 6.07) is 13.4. The smallest absolute Gasteiger partial charge is 0.236 e. The maximum atomic E-state index is 12.6. The van der Waals surface area contributed by atoms with E-state index in [9.17, 15) is 4.79 Å². The van der Waals surface area contributed by atoms with Gasteiger partial charge >= 0.3 is 0 Å². The fourth-order valence-corrected chi connectivity index (χ4v) is 3.04. The molecule has 1 aromatic carbocycles. The topological polar surface area (TPSA) is 45.7 Å². The second-order valence-electron chi connectivity index (χ2n) is 6.24. The number of aromatic nitrogens is 1. The maximum Gasteiger partial charge on any atom is 0.236 e. The number of carbonyl (C=O) groups excluding carboxylic acids is 1. The minimum Gasteiger partial charge on any atom is -0.370 e. The fraction of sp³-hybridized carbons (Fsp3) is 0.368. The van der Waals surface area contributed by atoms with Crippen LogP contribution in [0.1, 0.15) is 17.4 Å². The van der Waals surface area contributed by atoms with Gasteiger partial charge < -0.3 is 9.64 Å². The summed E-state index contributed by atoms with van der Waals surface area (Å²) in [5.41, 5.74) is 2.00. The van der Waals surface area contributed by atoms with Crippen LogP contribution >= 0.6 is 11.6 Å². The van der Waals surface area contributed by atoms with Crippen molar-refractivity contribution in [1.82, 2.24) is 14.8 Å². The third-order valence-electron chi connectivity index (χ3n) is 4.22. The van der Waals surface area contributed by atoms with Crippen molar-refractivity contribution in [3.8, 4) is 0 Å². The Morgan fingerprint density at radius 2 is 2.12 bits per heavy atom. The van der Waals surface area contributed by atoms with Crippen LogP contribution < -0.4 is 0 Å². The Morgan fingerprint density at radius 1 is 1.32 bits per heavy atom. The molecule has 1 fully saturated rings. The Labute approximate surface area is 153 Å². The molecule has 5 nitrogen and oxygen atoms in total. The highest BCUT2D eigenvalue weighted by molar-refractivity contribution is 6.30. The average molecular weight is 360 g/mol. The van der Waals surface area contributed by atoms with Crippen molar-refractivity contribution in [3.05, 3.63) is 64.9 Å². The number of hydrogen-bond donors (Lipinski definition) is 0. The van der Waals surface area contributed by atoms with Crippen LogP contribution in [0.4, 0.5) is 0 Å². The number of nitrogens with zero attached hydrogens (tertiary/aromatic N) is 3. The summed E-state index contributed by atoms with van der Waals surface area (Å²) in [5.74, 6) is 0.112. The minimum absolute atomic E-state index is 0.101. The first-order valence-electron chi connectivity index (χ1n) is 8.35. The minimum atomic E-state index is -0.101. The van der Waals surface area contributed by atoms with Crippen molar-refractivity contribution in [2.45, 2.75) is 12.6 Å². The van der Waals surface area contributed by atoms with E-state index in [-0.39, 0.29) is 12.0 Å². The zero-order valence-electron chi connectivity index (χ0n) is 14.3. The Hall–Kier alpha value is -1.95. The third-order valence-corrected chi connectivity index (χ3v) is 4.48. The number of hydrogen-bond acceptors (Lipinski definition) is 4. The Morgan fingerprint density at radius 3 is 2.84 bits per heavy atom. The molecule has 1 amide bonds. The lowest BCUT2D eigenvalue weighted by Gasteiger charge is -2.34. The van der Waals surface area contributed by atoms with Gasteiger partial charge in [-0.05, 0) is 36.9 Å². The zero-order valence-corrected chi connectivity index (χ0v) is 15.0. The lowest BCUT2D eigenvalue weighted by molar-refractivity contribution is -0.140. The van der Waals surface area contributed by atoms with Gasteiger partial charge in [0.05, 0.1) is 25.4 Å². The highest BCUT2D eigenvalue weighted by Gasteiger charge is 2.25. The molecule has 2 aromatic rings. The summed E-state index contributed by atoms with van der Waals surface area (Å²) in [5, 5.41) is 0.698. The third kappa shape index (κ3) is 5.01. The predicted octanol–water partition coefficient (Wildman–Crippen LogP) is 2.77. The molecule has 0 radical (unpaired) electrons. The molecular weight excluding hydrogens is 338 g/mol. The average Bonchev–Trinajstić information content (AvgIpc) is 2.63. The van der Waals surface area contributed by atoms with E-state index in [1.807, 2.05) is 59.3 Å². The normalized spacial score (nSPS) is 17.7. The maximum absolute atomic E-state index is 12.6. The molecule has 0 N–H and O–H groups in total. The number of benzene rings is 1. The van der Waals surface area contributed by atoms with Gasteiger partial charge in [0.25, 0.3) is 0 Å². The van der Waals surface area contributed by atoms with Crippen LogP contribution in [0.25, 0.3) is 0 Å². The standard InChI is InChI=1S/C19H22ClN3O2/c1-22(12-17-4-2-3-9-21-17)14-19(24)23-10-11-25-18(13-23)15-5-7-16(20)8-6-15/h2-9,18H,10-14H2,1H3/t18-/m0/s1. The summed E-state index contributed by atoms with van der Waals surface area (Å²) < 4.78 is 5.82. The molecule has 0 spiro atoms. The summed E-state index contributed by atoms with van der Waals surface area (Å²) >= 11 is 5.94. The summed E-state index contributed by atoms with van der Waals surface area (Å²) in [4.78, 5) is 20.8. The molecule has 0 saturated carbocycles. The highest BCUT2D eigenvalue weighted by Crippen LogP contribution is 2.23. The SMILES string of the molecule is CN(CC(=O)N1CCO[C@H](c2ccc(Cl)cc2)C1)Cc1ccccn1. The summed E-state index contributed by atoms with van der Waals surface area (Å²) in [6.07, 6.45) is 1.67. The number of pyridine rings is 1. The van der Waals surface area contributed by atoms with Gasteiger partial charge in [0.1, 0.15) is 6.10 Å². The van der Waals surface area contributed by atoms with Crippen LogP contribution in [0.5, 0.6) is 0 Å². The van der Waals surface area contributed by atoms with Gasteiger partial charge in [-0.2, -0.15) is 0 Å². The molecule has 1 aliphatic rings. The zero-order chi connectivity index (χ0) is 17.6. The van der Waals surface area contributed by atoms with Gasteiger partial charge in [0.15, 0.2) is 0 Å².